The van der Waals surface area contributed by atoms with Crippen LogP contribution in [0.1, 0.15) is 10.4 Å². The molecule has 0 bridgehead atoms. The highest BCUT2D eigenvalue weighted by Gasteiger charge is 2.12. The van der Waals surface area contributed by atoms with Gasteiger partial charge in [-0.25, -0.2) is 4.39 Å². The molecule has 2 rings (SSSR count). The van der Waals surface area contributed by atoms with Crippen LogP contribution in [0.2, 0.25) is 0 Å². The molecule has 0 unspecified atom stereocenters. The van der Waals surface area contributed by atoms with Gasteiger partial charge in [-0.05, 0) is 11.6 Å². The molecule has 1 nitrogen and oxygen atoms in total. The van der Waals surface area contributed by atoms with Crippen LogP contribution in [0.25, 0.3) is 11.1 Å². The van der Waals surface area contributed by atoms with Crippen molar-refractivity contribution in [2.75, 3.05) is 0 Å². The van der Waals surface area contributed by atoms with Crippen LogP contribution in [0.5, 0.6) is 0 Å². The summed E-state index contributed by atoms with van der Waals surface area (Å²) >= 11 is 0. The molecule has 0 saturated heterocycles. The molecule has 2 aliphatic carbocycles. The van der Waals surface area contributed by atoms with Crippen molar-refractivity contribution in [1.29, 1.82) is 0 Å². The van der Waals surface area contributed by atoms with E-state index in [1.54, 1.807) is 30.3 Å². The Balaban J connectivity index is 2.78. The maximum absolute atomic E-state index is 13.2. The summed E-state index contributed by atoms with van der Waals surface area (Å²) in [6.07, 6.45) is 0.672. The number of hydrogen-bond donors (Lipinski definition) is 0. The Labute approximate surface area is 75.2 Å². The van der Waals surface area contributed by atoms with Crippen LogP contribution >= 0.6 is 0 Å². The summed E-state index contributed by atoms with van der Waals surface area (Å²) in [6, 6.07) is 10.0. The molecule has 0 N–H and O–H groups in total. The molecule has 0 aromatic rings. The maximum atomic E-state index is 13.2. The van der Waals surface area contributed by atoms with Gasteiger partial charge in [-0.15, -0.1) is 0 Å². The van der Waals surface area contributed by atoms with Crippen LogP contribution in [0.15, 0.2) is 36.4 Å². The molecule has 2 heteroatoms. The minimum absolute atomic E-state index is 0.340. The van der Waals surface area contributed by atoms with E-state index in [9.17, 15) is 9.18 Å². The third-order valence-corrected chi connectivity index (χ3v) is 2.02. The first-order chi connectivity index (χ1) is 6.33. The van der Waals surface area contributed by atoms with Crippen LogP contribution in [0.3, 0.4) is 0 Å². The quantitative estimate of drug-likeness (QED) is 0.607. The second-order valence-electron chi connectivity index (χ2n) is 2.80. The standard InChI is InChI=1S/C11H7FO/c12-11-6-8(7-13)9-4-2-1-3-5-10(9)11/h1-7H. The van der Waals surface area contributed by atoms with Gasteiger partial charge in [0, 0.05) is 11.1 Å². The van der Waals surface area contributed by atoms with Gasteiger partial charge in [0.15, 0.2) is 6.29 Å². The van der Waals surface area contributed by atoms with E-state index in [0.29, 0.717) is 23.0 Å². The highest BCUT2D eigenvalue weighted by Crippen LogP contribution is 2.28. The number of carbonyl (C=O) groups excluding carboxylic acids is 1. The van der Waals surface area contributed by atoms with Gasteiger partial charge in [0.25, 0.3) is 0 Å². The van der Waals surface area contributed by atoms with Crippen molar-refractivity contribution in [2.24, 2.45) is 0 Å². The Hall–Kier alpha value is -1.70. The molecular formula is C11H7FO. The van der Waals surface area contributed by atoms with Crippen LogP contribution in [0, 0.1) is 5.82 Å². The van der Waals surface area contributed by atoms with E-state index in [1.165, 1.54) is 6.07 Å². The van der Waals surface area contributed by atoms with Crippen molar-refractivity contribution in [3.8, 4) is 11.1 Å². The summed E-state index contributed by atoms with van der Waals surface area (Å²) in [5, 5.41) is 0. The second kappa shape index (κ2) is 2.98. The lowest BCUT2D eigenvalue weighted by molar-refractivity contribution is 0.112. The molecule has 0 radical (unpaired) electrons. The maximum Gasteiger partial charge on any atom is 0.150 e. The van der Waals surface area contributed by atoms with Crippen LogP contribution in [-0.4, -0.2) is 6.29 Å². The number of halogens is 1. The van der Waals surface area contributed by atoms with E-state index >= 15 is 0 Å². The highest BCUT2D eigenvalue weighted by atomic mass is 19.1. The summed E-state index contributed by atoms with van der Waals surface area (Å²) < 4.78 is 13.2. The van der Waals surface area contributed by atoms with Crippen LogP contribution in [-0.2, 0) is 0 Å². The normalized spacial score (nSPS) is 10.2. The summed E-state index contributed by atoms with van der Waals surface area (Å²) in [5.74, 6) is -0.340. The highest BCUT2D eigenvalue weighted by molar-refractivity contribution is 5.90. The van der Waals surface area contributed by atoms with Crippen molar-refractivity contribution >= 4 is 6.29 Å². The molecule has 13 heavy (non-hydrogen) atoms. The topological polar surface area (TPSA) is 17.1 Å². The van der Waals surface area contributed by atoms with Crippen LogP contribution < -0.4 is 0 Å². The van der Waals surface area contributed by atoms with Gasteiger partial charge in [0.2, 0.25) is 0 Å². The monoisotopic (exact) mass is 174 g/mol. The number of hydrogen-bond acceptors (Lipinski definition) is 1. The Morgan fingerprint density at radius 1 is 1.08 bits per heavy atom. The van der Waals surface area contributed by atoms with Gasteiger partial charge in [0.05, 0.1) is 0 Å². The minimum atomic E-state index is -0.340. The largest absolute Gasteiger partial charge is 0.298 e. The lowest BCUT2D eigenvalue weighted by Crippen LogP contribution is -1.75. The van der Waals surface area contributed by atoms with E-state index < -0.39 is 0 Å². The average Bonchev–Trinajstić information content (AvgIpc) is 2.38. The van der Waals surface area contributed by atoms with Crippen molar-refractivity contribution in [3.63, 3.8) is 0 Å². The van der Waals surface area contributed by atoms with Crippen LogP contribution in [0.4, 0.5) is 4.39 Å². The van der Waals surface area contributed by atoms with E-state index in [-0.39, 0.29) is 5.82 Å². The zero-order valence-electron chi connectivity index (χ0n) is 6.83. The first-order valence-corrected chi connectivity index (χ1v) is 3.95. The Kier molecular flexibility index (Phi) is 1.81. The van der Waals surface area contributed by atoms with E-state index in [0.717, 1.165) is 0 Å². The fraction of sp³-hybridized carbons (Fsp3) is 0. The number of fused-ring (bicyclic) bond motifs is 1. The predicted octanol–water partition coefficient (Wildman–Crippen LogP) is 2.74. The number of rotatable bonds is 1. The fourth-order valence-corrected chi connectivity index (χ4v) is 1.40. The zero-order valence-corrected chi connectivity index (χ0v) is 6.83. The predicted molar refractivity (Wildman–Crippen MR) is 48.4 cm³/mol. The molecular weight excluding hydrogens is 167 g/mol. The third-order valence-electron chi connectivity index (χ3n) is 2.02. The zero-order chi connectivity index (χ0) is 9.26. The minimum Gasteiger partial charge on any atom is -0.298 e. The average molecular weight is 174 g/mol. The second-order valence-corrected chi connectivity index (χ2v) is 2.80. The van der Waals surface area contributed by atoms with Crippen molar-refractivity contribution < 1.29 is 9.18 Å². The van der Waals surface area contributed by atoms with Gasteiger partial charge in [0.1, 0.15) is 5.82 Å². The lowest BCUT2D eigenvalue weighted by atomic mass is 10.1. The number of carbonyl (C=O) groups is 1. The molecule has 64 valence electrons. The summed E-state index contributed by atoms with van der Waals surface area (Å²) in [5.41, 5.74) is 1.56. The summed E-state index contributed by atoms with van der Waals surface area (Å²) in [4.78, 5) is 10.6. The Morgan fingerprint density at radius 2 is 1.77 bits per heavy atom. The fourth-order valence-electron chi connectivity index (χ4n) is 1.40. The molecule has 0 saturated carbocycles. The Bertz CT molecular complexity index is 423. The lowest BCUT2D eigenvalue weighted by Gasteiger charge is -1.91. The van der Waals surface area contributed by atoms with Crippen molar-refractivity contribution in [2.45, 2.75) is 0 Å². The molecule has 0 atom stereocenters. The van der Waals surface area contributed by atoms with Gasteiger partial charge in [-0.2, -0.15) is 0 Å². The molecule has 2 aliphatic rings. The van der Waals surface area contributed by atoms with Gasteiger partial charge >= 0.3 is 0 Å². The van der Waals surface area contributed by atoms with Gasteiger partial charge < -0.3 is 0 Å². The van der Waals surface area contributed by atoms with E-state index in [1.807, 2.05) is 0 Å². The Morgan fingerprint density at radius 3 is 2.46 bits per heavy atom. The smallest absolute Gasteiger partial charge is 0.150 e. The molecule has 0 aliphatic heterocycles. The van der Waals surface area contributed by atoms with Crippen molar-refractivity contribution in [3.05, 3.63) is 47.8 Å². The number of aldehydes is 1. The first kappa shape index (κ1) is 7.92. The molecule has 0 aromatic carbocycles. The molecule has 0 spiro atoms. The van der Waals surface area contributed by atoms with Crippen molar-refractivity contribution in [1.82, 2.24) is 0 Å². The summed E-state index contributed by atoms with van der Waals surface area (Å²) in [7, 11) is 0. The SMILES string of the molecule is O=Cc1cc(F)c2cccccc1-2. The van der Waals surface area contributed by atoms with Gasteiger partial charge in [-0.3, -0.25) is 4.79 Å². The molecule has 0 aromatic heterocycles. The third kappa shape index (κ3) is 1.20. The van der Waals surface area contributed by atoms with E-state index in [4.69, 9.17) is 0 Å². The van der Waals surface area contributed by atoms with E-state index in [2.05, 4.69) is 0 Å². The first-order valence-electron chi connectivity index (χ1n) is 3.95. The molecule has 0 heterocycles. The van der Waals surface area contributed by atoms with Gasteiger partial charge in [-0.1, -0.05) is 30.3 Å². The molecule has 0 fully saturated rings. The molecule has 0 amide bonds. The summed E-state index contributed by atoms with van der Waals surface area (Å²) in [6.45, 7) is 0.